The van der Waals surface area contributed by atoms with Crippen LogP contribution in [0.25, 0.3) is 0 Å². The van der Waals surface area contributed by atoms with E-state index in [-0.39, 0.29) is 24.2 Å². The largest absolute Gasteiger partial charge is 0.379 e. The average molecular weight is 392 g/mol. The van der Waals surface area contributed by atoms with Crippen molar-refractivity contribution in [2.45, 2.75) is 50.9 Å². The molecule has 1 spiro atoms. The Balaban J connectivity index is 1.37. The quantitative estimate of drug-likeness (QED) is 0.606. The molecule has 3 rings (SSSR count). The first-order valence-electron chi connectivity index (χ1n) is 10.4. The lowest BCUT2D eigenvalue weighted by molar-refractivity contribution is -0.164. The summed E-state index contributed by atoms with van der Waals surface area (Å²) in [7, 11) is 0. The first kappa shape index (κ1) is 21.2. The zero-order chi connectivity index (χ0) is 19.7. The molecule has 2 heterocycles. The summed E-state index contributed by atoms with van der Waals surface area (Å²) >= 11 is 0. The van der Waals surface area contributed by atoms with Gasteiger partial charge in [-0.15, -0.1) is 0 Å². The molecule has 1 aromatic rings. The Bertz CT molecular complexity index is 586. The van der Waals surface area contributed by atoms with Gasteiger partial charge in [-0.05, 0) is 31.7 Å². The predicted molar refractivity (Wildman–Crippen MR) is 106 cm³/mol. The van der Waals surface area contributed by atoms with Gasteiger partial charge in [0.25, 0.3) is 0 Å². The van der Waals surface area contributed by atoms with E-state index in [4.69, 9.17) is 18.9 Å². The predicted octanol–water partition coefficient (Wildman–Crippen LogP) is 2.80. The molecule has 156 valence electrons. The molecule has 1 unspecified atom stereocenters. The van der Waals surface area contributed by atoms with Crippen molar-refractivity contribution in [1.29, 1.82) is 0 Å². The van der Waals surface area contributed by atoms with Crippen molar-refractivity contribution in [3.8, 4) is 0 Å². The molecule has 1 aromatic carbocycles. The van der Waals surface area contributed by atoms with Crippen LogP contribution in [-0.2, 0) is 30.3 Å². The molecular formula is C22H33NO5. The molecule has 0 radical (unpaired) electrons. The van der Waals surface area contributed by atoms with Crippen molar-refractivity contribution in [2.24, 2.45) is 0 Å². The van der Waals surface area contributed by atoms with E-state index in [2.05, 4.69) is 0 Å². The van der Waals surface area contributed by atoms with Crippen molar-refractivity contribution >= 4 is 5.91 Å². The van der Waals surface area contributed by atoms with Gasteiger partial charge in [-0.1, -0.05) is 30.3 Å². The van der Waals surface area contributed by atoms with E-state index in [0.717, 1.165) is 57.6 Å². The number of nitrogens with zero attached hydrogens (tertiary/aromatic N) is 1. The molecule has 2 aliphatic rings. The maximum Gasteiger partial charge on any atom is 0.248 e. The van der Waals surface area contributed by atoms with Gasteiger partial charge < -0.3 is 23.8 Å². The molecule has 0 saturated carbocycles. The molecule has 1 atom stereocenters. The van der Waals surface area contributed by atoms with Gasteiger partial charge in [-0.2, -0.15) is 0 Å². The normalized spacial score (nSPS) is 21.8. The van der Waals surface area contributed by atoms with Crippen molar-refractivity contribution < 1.29 is 23.7 Å². The van der Waals surface area contributed by atoms with Gasteiger partial charge in [0.1, 0.15) is 6.61 Å². The number of ether oxygens (including phenoxy) is 4. The number of amides is 1. The third-order valence-electron chi connectivity index (χ3n) is 5.60. The second kappa shape index (κ2) is 10.9. The average Bonchev–Trinajstić information content (AvgIpc) is 2.73. The molecule has 2 saturated heterocycles. The van der Waals surface area contributed by atoms with E-state index in [0.29, 0.717) is 19.8 Å². The van der Waals surface area contributed by atoms with Gasteiger partial charge in [0.15, 0.2) is 0 Å². The number of benzene rings is 1. The fraction of sp³-hybridized carbons (Fsp3) is 0.682. The Hall–Kier alpha value is -1.47. The van der Waals surface area contributed by atoms with Crippen LogP contribution in [0.3, 0.4) is 0 Å². The summed E-state index contributed by atoms with van der Waals surface area (Å²) in [4.78, 5) is 14.4. The Labute approximate surface area is 168 Å². The van der Waals surface area contributed by atoms with Crippen LogP contribution in [0.1, 0.15) is 38.2 Å². The van der Waals surface area contributed by atoms with Crippen LogP contribution in [0.5, 0.6) is 0 Å². The summed E-state index contributed by atoms with van der Waals surface area (Å²) in [5.41, 5.74) is 0.940. The standard InChI is InChI=1S/C22H33NO5/c1-2-25-14-15-27-20-8-13-28-22(16-20)9-11-23(12-10-22)21(24)18-26-17-19-6-4-3-5-7-19/h3-7,20H,2,8-18H2,1H3. The zero-order valence-electron chi connectivity index (χ0n) is 16.9. The highest BCUT2D eigenvalue weighted by molar-refractivity contribution is 5.77. The smallest absolute Gasteiger partial charge is 0.248 e. The van der Waals surface area contributed by atoms with E-state index in [9.17, 15) is 4.79 Å². The maximum atomic E-state index is 12.4. The lowest BCUT2D eigenvalue weighted by Gasteiger charge is -2.46. The third-order valence-corrected chi connectivity index (χ3v) is 5.60. The minimum absolute atomic E-state index is 0.0612. The van der Waals surface area contributed by atoms with Gasteiger partial charge in [-0.25, -0.2) is 0 Å². The molecule has 6 heteroatoms. The minimum atomic E-state index is -0.143. The van der Waals surface area contributed by atoms with Crippen LogP contribution in [0.15, 0.2) is 30.3 Å². The van der Waals surface area contributed by atoms with Crippen LogP contribution in [0.4, 0.5) is 0 Å². The van der Waals surface area contributed by atoms with Gasteiger partial charge in [0.05, 0.1) is 31.5 Å². The van der Waals surface area contributed by atoms with E-state index >= 15 is 0 Å². The van der Waals surface area contributed by atoms with Gasteiger partial charge in [0, 0.05) is 32.7 Å². The van der Waals surface area contributed by atoms with Gasteiger partial charge >= 0.3 is 0 Å². The number of rotatable bonds is 9. The maximum absolute atomic E-state index is 12.4. The van der Waals surface area contributed by atoms with Crippen LogP contribution in [0.2, 0.25) is 0 Å². The first-order valence-corrected chi connectivity index (χ1v) is 10.4. The van der Waals surface area contributed by atoms with E-state index in [1.54, 1.807) is 0 Å². The number of piperidine rings is 1. The highest BCUT2D eigenvalue weighted by Gasteiger charge is 2.41. The van der Waals surface area contributed by atoms with Crippen molar-refractivity contribution in [3.63, 3.8) is 0 Å². The second-order valence-electron chi connectivity index (χ2n) is 7.57. The summed E-state index contributed by atoms with van der Waals surface area (Å²) < 4.78 is 23.1. The Morgan fingerprint density at radius 2 is 1.96 bits per heavy atom. The highest BCUT2D eigenvalue weighted by atomic mass is 16.5. The Morgan fingerprint density at radius 1 is 1.18 bits per heavy atom. The molecule has 0 aliphatic carbocycles. The minimum Gasteiger partial charge on any atom is -0.379 e. The summed E-state index contributed by atoms with van der Waals surface area (Å²) in [5.74, 6) is 0.0612. The van der Waals surface area contributed by atoms with E-state index in [1.165, 1.54) is 0 Å². The molecule has 0 N–H and O–H groups in total. The topological polar surface area (TPSA) is 57.2 Å². The molecule has 6 nitrogen and oxygen atoms in total. The van der Waals surface area contributed by atoms with Crippen LogP contribution >= 0.6 is 0 Å². The van der Waals surface area contributed by atoms with Gasteiger partial charge in [0.2, 0.25) is 5.91 Å². The van der Waals surface area contributed by atoms with Crippen LogP contribution in [-0.4, -0.2) is 68.6 Å². The molecule has 0 bridgehead atoms. The summed E-state index contributed by atoms with van der Waals surface area (Å²) in [6.07, 6.45) is 3.80. The molecule has 2 aliphatic heterocycles. The van der Waals surface area contributed by atoms with E-state index < -0.39 is 0 Å². The highest BCUT2D eigenvalue weighted by Crippen LogP contribution is 2.36. The number of carbonyl (C=O) groups excluding carboxylic acids is 1. The number of likely N-dealkylation sites (tertiary alicyclic amines) is 1. The first-order chi connectivity index (χ1) is 13.7. The van der Waals surface area contributed by atoms with Crippen LogP contribution < -0.4 is 0 Å². The second-order valence-corrected chi connectivity index (χ2v) is 7.57. The van der Waals surface area contributed by atoms with Crippen molar-refractivity contribution in [3.05, 3.63) is 35.9 Å². The fourth-order valence-corrected chi connectivity index (χ4v) is 3.98. The monoisotopic (exact) mass is 391 g/mol. The zero-order valence-corrected chi connectivity index (χ0v) is 16.9. The summed E-state index contributed by atoms with van der Waals surface area (Å²) in [6.45, 7) is 6.77. The molecule has 2 fully saturated rings. The van der Waals surface area contributed by atoms with Crippen molar-refractivity contribution in [2.75, 3.05) is 46.1 Å². The summed E-state index contributed by atoms with van der Waals surface area (Å²) in [5, 5.41) is 0. The SMILES string of the molecule is CCOCCOC1CCOC2(CCN(C(=O)COCc3ccccc3)CC2)C1. The molecule has 1 amide bonds. The van der Waals surface area contributed by atoms with Gasteiger partial charge in [-0.3, -0.25) is 4.79 Å². The molecule has 0 aromatic heterocycles. The Kier molecular flexibility index (Phi) is 8.27. The Morgan fingerprint density at radius 3 is 2.71 bits per heavy atom. The summed E-state index contributed by atoms with van der Waals surface area (Å²) in [6, 6.07) is 9.93. The number of hydrogen-bond donors (Lipinski definition) is 0. The van der Waals surface area contributed by atoms with Crippen LogP contribution in [0, 0.1) is 0 Å². The molecular weight excluding hydrogens is 358 g/mol. The van der Waals surface area contributed by atoms with E-state index in [1.807, 2.05) is 42.2 Å². The van der Waals surface area contributed by atoms with Crippen molar-refractivity contribution in [1.82, 2.24) is 4.90 Å². The third kappa shape index (κ3) is 6.27. The number of hydrogen-bond acceptors (Lipinski definition) is 5. The lowest BCUT2D eigenvalue weighted by Crippen LogP contribution is -2.52. The molecule has 28 heavy (non-hydrogen) atoms. The fourth-order valence-electron chi connectivity index (χ4n) is 3.98. The lowest BCUT2D eigenvalue weighted by atomic mass is 9.83. The number of carbonyl (C=O) groups is 1.